The number of methoxy groups -OCH3 is 1. The number of carbonyl (C=O) groups excluding carboxylic acids is 1. The maximum absolute atomic E-state index is 12.5. The van der Waals surface area contributed by atoms with E-state index in [2.05, 4.69) is 15.3 Å². The number of benzene rings is 1. The van der Waals surface area contributed by atoms with Crippen molar-refractivity contribution in [2.75, 3.05) is 33.3 Å². The summed E-state index contributed by atoms with van der Waals surface area (Å²) in [7, 11) is 1.66. The number of nitrogens with one attached hydrogen (secondary N) is 1. The summed E-state index contributed by atoms with van der Waals surface area (Å²) in [6.45, 7) is 3.70. The van der Waals surface area contributed by atoms with Gasteiger partial charge in [-0.3, -0.25) is 14.5 Å². The first-order valence-corrected chi connectivity index (χ1v) is 10.3. The van der Waals surface area contributed by atoms with Crippen molar-refractivity contribution in [1.82, 2.24) is 19.8 Å². The van der Waals surface area contributed by atoms with E-state index in [1.54, 1.807) is 24.5 Å². The fraction of sp³-hybridized carbons (Fsp3) is 0.286. The first-order valence-electron chi connectivity index (χ1n) is 9.41. The van der Waals surface area contributed by atoms with E-state index in [4.69, 9.17) is 9.72 Å². The van der Waals surface area contributed by atoms with Gasteiger partial charge in [0.2, 0.25) is 5.56 Å². The van der Waals surface area contributed by atoms with Crippen molar-refractivity contribution in [3.63, 3.8) is 0 Å². The minimum absolute atomic E-state index is 0.0445. The highest BCUT2D eigenvalue weighted by Gasteiger charge is 2.23. The zero-order valence-corrected chi connectivity index (χ0v) is 16.9. The topological polar surface area (TPSA) is 78.5 Å². The van der Waals surface area contributed by atoms with Gasteiger partial charge >= 0.3 is 0 Å². The lowest BCUT2D eigenvalue weighted by Crippen LogP contribution is -2.48. The molecule has 2 aromatic heterocycles. The second-order valence-corrected chi connectivity index (χ2v) is 7.81. The SMILES string of the molecule is COc1ccc(-c2csc(CN3CCN(C(=O)c4ccc(=O)[nH]c4)CC3)n2)cc1. The van der Waals surface area contributed by atoms with E-state index in [1.165, 1.54) is 12.3 Å². The highest BCUT2D eigenvalue weighted by atomic mass is 32.1. The van der Waals surface area contributed by atoms with Gasteiger partial charge in [-0.15, -0.1) is 11.3 Å². The zero-order chi connectivity index (χ0) is 20.2. The largest absolute Gasteiger partial charge is 0.497 e. The third kappa shape index (κ3) is 4.55. The molecule has 4 rings (SSSR count). The Labute approximate surface area is 172 Å². The van der Waals surface area contributed by atoms with Gasteiger partial charge in [0, 0.05) is 49.4 Å². The van der Waals surface area contributed by atoms with Crippen LogP contribution < -0.4 is 10.3 Å². The Kier molecular flexibility index (Phi) is 5.73. The maximum atomic E-state index is 12.5. The molecule has 0 radical (unpaired) electrons. The van der Waals surface area contributed by atoms with Gasteiger partial charge in [0.15, 0.2) is 0 Å². The summed E-state index contributed by atoms with van der Waals surface area (Å²) >= 11 is 1.65. The van der Waals surface area contributed by atoms with Crippen molar-refractivity contribution in [2.24, 2.45) is 0 Å². The fourth-order valence-electron chi connectivity index (χ4n) is 3.30. The lowest BCUT2D eigenvalue weighted by atomic mass is 10.2. The molecule has 1 amide bonds. The number of carbonyl (C=O) groups is 1. The standard InChI is InChI=1S/C21H22N4O3S/c1-28-17-5-2-15(3-6-17)18-14-29-20(23-18)13-24-8-10-25(11-9-24)21(27)16-4-7-19(26)22-12-16/h2-7,12,14H,8-11,13H2,1H3,(H,22,26). The Balaban J connectivity index is 1.33. The number of pyridine rings is 1. The van der Waals surface area contributed by atoms with Crippen LogP contribution in [0, 0.1) is 0 Å². The number of nitrogens with zero attached hydrogens (tertiary/aromatic N) is 3. The molecule has 0 aliphatic carbocycles. The molecular weight excluding hydrogens is 388 g/mol. The molecule has 1 aliphatic heterocycles. The van der Waals surface area contributed by atoms with E-state index in [1.807, 2.05) is 29.2 Å². The summed E-state index contributed by atoms with van der Waals surface area (Å²) in [6, 6.07) is 10.9. The van der Waals surface area contributed by atoms with Gasteiger partial charge in [-0.25, -0.2) is 4.98 Å². The van der Waals surface area contributed by atoms with Crippen LogP contribution in [-0.4, -0.2) is 59.0 Å². The van der Waals surface area contributed by atoms with Crippen LogP contribution in [0.4, 0.5) is 0 Å². The van der Waals surface area contributed by atoms with Gasteiger partial charge in [-0.1, -0.05) is 0 Å². The van der Waals surface area contributed by atoms with E-state index in [9.17, 15) is 9.59 Å². The number of aromatic amines is 1. The Morgan fingerprint density at radius 1 is 1.14 bits per heavy atom. The normalized spacial score (nSPS) is 14.7. The number of ether oxygens (including phenoxy) is 1. The van der Waals surface area contributed by atoms with Crippen LogP contribution in [0.5, 0.6) is 5.75 Å². The van der Waals surface area contributed by atoms with Crippen LogP contribution in [0.25, 0.3) is 11.3 Å². The molecular formula is C21H22N4O3S. The predicted octanol–water partition coefficient (Wildman–Crippen LogP) is 2.47. The lowest BCUT2D eigenvalue weighted by Gasteiger charge is -2.34. The van der Waals surface area contributed by atoms with Gasteiger partial charge < -0.3 is 14.6 Å². The van der Waals surface area contributed by atoms with Crippen LogP contribution in [0.15, 0.2) is 52.8 Å². The second-order valence-electron chi connectivity index (χ2n) is 6.86. The Morgan fingerprint density at radius 3 is 2.55 bits per heavy atom. The molecule has 8 heteroatoms. The Morgan fingerprint density at radius 2 is 1.90 bits per heavy atom. The van der Waals surface area contributed by atoms with Crippen LogP contribution in [0.2, 0.25) is 0 Å². The van der Waals surface area contributed by atoms with E-state index in [-0.39, 0.29) is 11.5 Å². The number of aromatic nitrogens is 2. The summed E-state index contributed by atoms with van der Waals surface area (Å²) < 4.78 is 5.20. The van der Waals surface area contributed by atoms with Gasteiger partial charge in [-0.05, 0) is 30.3 Å². The lowest BCUT2D eigenvalue weighted by molar-refractivity contribution is 0.0628. The average Bonchev–Trinajstić information content (AvgIpc) is 3.23. The summed E-state index contributed by atoms with van der Waals surface area (Å²) in [5, 5.41) is 3.14. The Hall–Kier alpha value is -2.97. The van der Waals surface area contributed by atoms with E-state index < -0.39 is 0 Å². The third-order valence-electron chi connectivity index (χ3n) is 4.99. The number of hydrogen-bond donors (Lipinski definition) is 1. The van der Waals surface area contributed by atoms with Crippen molar-refractivity contribution < 1.29 is 9.53 Å². The van der Waals surface area contributed by atoms with Crippen molar-refractivity contribution >= 4 is 17.2 Å². The molecule has 0 bridgehead atoms. The van der Waals surface area contributed by atoms with Crippen LogP contribution in [-0.2, 0) is 6.54 Å². The number of H-pyrrole nitrogens is 1. The van der Waals surface area contributed by atoms with Crippen molar-refractivity contribution in [3.8, 4) is 17.0 Å². The van der Waals surface area contributed by atoms with Crippen molar-refractivity contribution in [2.45, 2.75) is 6.54 Å². The maximum Gasteiger partial charge on any atom is 0.255 e. The quantitative estimate of drug-likeness (QED) is 0.699. The third-order valence-corrected chi connectivity index (χ3v) is 5.82. The molecule has 1 N–H and O–H groups in total. The predicted molar refractivity (Wildman–Crippen MR) is 112 cm³/mol. The molecule has 0 saturated carbocycles. The monoisotopic (exact) mass is 410 g/mol. The summed E-state index contributed by atoms with van der Waals surface area (Å²) in [4.78, 5) is 35.2. The zero-order valence-electron chi connectivity index (χ0n) is 16.1. The second kappa shape index (κ2) is 8.59. The molecule has 3 aromatic rings. The molecule has 1 fully saturated rings. The molecule has 29 heavy (non-hydrogen) atoms. The van der Waals surface area contributed by atoms with Gasteiger partial charge in [-0.2, -0.15) is 0 Å². The van der Waals surface area contributed by atoms with Crippen molar-refractivity contribution in [1.29, 1.82) is 0 Å². The molecule has 1 saturated heterocycles. The average molecular weight is 410 g/mol. The highest BCUT2D eigenvalue weighted by molar-refractivity contribution is 7.09. The summed E-state index contributed by atoms with van der Waals surface area (Å²) in [5.41, 5.74) is 2.36. The summed E-state index contributed by atoms with van der Waals surface area (Å²) in [6.07, 6.45) is 1.48. The highest BCUT2D eigenvalue weighted by Crippen LogP contribution is 2.25. The minimum Gasteiger partial charge on any atom is -0.497 e. The first-order chi connectivity index (χ1) is 14.1. The molecule has 0 spiro atoms. The molecule has 0 atom stereocenters. The van der Waals surface area contributed by atoms with Crippen LogP contribution >= 0.6 is 11.3 Å². The molecule has 0 unspecified atom stereocenters. The molecule has 3 heterocycles. The van der Waals surface area contributed by atoms with E-state index >= 15 is 0 Å². The molecule has 150 valence electrons. The Bertz CT molecular complexity index is 1020. The molecule has 7 nitrogen and oxygen atoms in total. The number of amides is 1. The van der Waals surface area contributed by atoms with Gasteiger partial charge in [0.25, 0.3) is 5.91 Å². The molecule has 1 aliphatic rings. The first kappa shape index (κ1) is 19.4. The van der Waals surface area contributed by atoms with Crippen LogP contribution in [0.3, 0.4) is 0 Å². The number of rotatable bonds is 5. The van der Waals surface area contributed by atoms with E-state index in [0.29, 0.717) is 18.7 Å². The number of hydrogen-bond acceptors (Lipinski definition) is 6. The van der Waals surface area contributed by atoms with Crippen molar-refractivity contribution in [3.05, 3.63) is 68.9 Å². The van der Waals surface area contributed by atoms with Gasteiger partial charge in [0.1, 0.15) is 10.8 Å². The fourth-order valence-corrected chi connectivity index (χ4v) is 4.15. The smallest absolute Gasteiger partial charge is 0.255 e. The van der Waals surface area contributed by atoms with Crippen LogP contribution in [0.1, 0.15) is 15.4 Å². The summed E-state index contributed by atoms with van der Waals surface area (Å²) in [5.74, 6) is 0.787. The van der Waals surface area contributed by atoms with Gasteiger partial charge in [0.05, 0.1) is 24.9 Å². The molecule has 1 aromatic carbocycles. The number of thiazole rings is 1. The van der Waals surface area contributed by atoms with E-state index in [0.717, 1.165) is 41.6 Å². The number of piperazine rings is 1. The minimum atomic E-state index is -0.205.